The number of anilines is 1. The number of carbonyl (C=O) groups is 1. The van der Waals surface area contributed by atoms with Crippen LogP contribution in [0.3, 0.4) is 0 Å². The van der Waals surface area contributed by atoms with E-state index >= 15 is 0 Å². The summed E-state index contributed by atoms with van der Waals surface area (Å²) < 4.78 is 8.26. The van der Waals surface area contributed by atoms with E-state index in [0.29, 0.717) is 17.6 Å². The zero-order valence-electron chi connectivity index (χ0n) is 18.3. The van der Waals surface area contributed by atoms with Crippen LogP contribution in [0.15, 0.2) is 39.6 Å². The van der Waals surface area contributed by atoms with Gasteiger partial charge < -0.3 is 14.6 Å². The molecule has 0 radical (unpaired) electrons. The summed E-state index contributed by atoms with van der Waals surface area (Å²) in [6.07, 6.45) is 2.74. The Morgan fingerprint density at radius 1 is 1.21 bits per heavy atom. The van der Waals surface area contributed by atoms with Crippen molar-refractivity contribution >= 4 is 44.2 Å². The molecule has 3 heterocycles. The minimum atomic E-state index is -0.317. The first kappa shape index (κ1) is 20.6. The molecule has 1 fully saturated rings. The smallest absolute Gasteiger partial charge is 0.294 e. The largest absolute Gasteiger partial charge is 0.381 e. The predicted molar refractivity (Wildman–Crippen MR) is 128 cm³/mol. The zero-order chi connectivity index (χ0) is 22.9. The van der Waals surface area contributed by atoms with E-state index in [0.717, 1.165) is 51.9 Å². The lowest BCUT2D eigenvalue weighted by Crippen LogP contribution is -2.30. The Hall–Kier alpha value is -3.04. The third-order valence-corrected chi connectivity index (χ3v) is 7.42. The lowest BCUT2D eigenvalue weighted by Gasteiger charge is -2.32. The molecule has 0 saturated heterocycles. The minimum Gasteiger partial charge on any atom is -0.381 e. The molecule has 8 nitrogen and oxygen atoms in total. The van der Waals surface area contributed by atoms with Gasteiger partial charge in [0.1, 0.15) is 5.82 Å². The van der Waals surface area contributed by atoms with Gasteiger partial charge in [-0.2, -0.15) is 0 Å². The van der Waals surface area contributed by atoms with Crippen molar-refractivity contribution in [2.45, 2.75) is 38.2 Å². The average molecular weight is 508 g/mol. The second-order valence-corrected chi connectivity index (χ2v) is 9.78. The lowest BCUT2D eigenvalue weighted by atomic mass is 9.81. The number of aryl methyl sites for hydroxylation is 1. The van der Waals surface area contributed by atoms with Crippen LogP contribution in [0.4, 0.5) is 5.69 Å². The fourth-order valence-corrected chi connectivity index (χ4v) is 5.44. The highest BCUT2D eigenvalue weighted by Gasteiger charge is 2.34. The van der Waals surface area contributed by atoms with Crippen LogP contribution in [-0.2, 0) is 11.2 Å². The van der Waals surface area contributed by atoms with Gasteiger partial charge >= 0.3 is 0 Å². The molecular formula is C24H22BrN5O3. The van der Waals surface area contributed by atoms with Gasteiger partial charge in [0, 0.05) is 35.3 Å². The van der Waals surface area contributed by atoms with Gasteiger partial charge in [-0.1, -0.05) is 15.9 Å². The van der Waals surface area contributed by atoms with Gasteiger partial charge in [-0.3, -0.25) is 14.0 Å². The Balaban J connectivity index is 1.46. The zero-order valence-corrected chi connectivity index (χ0v) is 19.8. The van der Waals surface area contributed by atoms with Crippen molar-refractivity contribution in [1.82, 2.24) is 19.6 Å². The number of H-pyrrole nitrogens is 1. The number of aromatic nitrogens is 4. The second-order valence-electron chi connectivity index (χ2n) is 8.86. The Morgan fingerprint density at radius 3 is 2.82 bits per heavy atom. The highest BCUT2D eigenvalue weighted by Crippen LogP contribution is 2.38. The van der Waals surface area contributed by atoms with E-state index in [1.165, 1.54) is 0 Å². The standard InChI is InChI=1S/C24H22BrN5O3/c1-12-7-20-18(11-17(12)24(32)29-6-5-13-8-15(25)3-4-19(13)29)26-23(31)22-28-27-21(30(20)22)14-9-16(10-14)33-2/h3-4,7-8,11,14,16H,5-6,9-10H2,1-2H3,(H,26,31). The molecule has 0 bridgehead atoms. The topological polar surface area (TPSA) is 92.6 Å². The molecule has 1 saturated carbocycles. The first-order valence-electron chi connectivity index (χ1n) is 11.0. The molecule has 1 aliphatic heterocycles. The summed E-state index contributed by atoms with van der Waals surface area (Å²) in [4.78, 5) is 31.0. The van der Waals surface area contributed by atoms with Crippen LogP contribution in [0.2, 0.25) is 0 Å². The van der Waals surface area contributed by atoms with Crippen molar-refractivity contribution in [2.75, 3.05) is 18.6 Å². The fraction of sp³-hybridized carbons (Fsp3) is 0.333. The number of methoxy groups -OCH3 is 1. The number of ether oxygens (including phenoxy) is 1. The van der Waals surface area contributed by atoms with Crippen LogP contribution in [0.5, 0.6) is 0 Å². The summed E-state index contributed by atoms with van der Waals surface area (Å²) in [6.45, 7) is 2.56. The lowest BCUT2D eigenvalue weighted by molar-refractivity contribution is 0.0235. The normalized spacial score (nSPS) is 19.8. The Kier molecular flexibility index (Phi) is 4.67. The monoisotopic (exact) mass is 507 g/mol. The highest BCUT2D eigenvalue weighted by atomic mass is 79.9. The van der Waals surface area contributed by atoms with E-state index < -0.39 is 0 Å². The Labute approximate surface area is 197 Å². The predicted octanol–water partition coefficient (Wildman–Crippen LogP) is 3.74. The van der Waals surface area contributed by atoms with Gasteiger partial charge in [-0.05, 0) is 67.6 Å². The van der Waals surface area contributed by atoms with Gasteiger partial charge in [0.05, 0.1) is 17.1 Å². The van der Waals surface area contributed by atoms with Gasteiger partial charge in [-0.25, -0.2) is 0 Å². The number of rotatable bonds is 3. The summed E-state index contributed by atoms with van der Waals surface area (Å²) in [5.74, 6) is 0.895. The van der Waals surface area contributed by atoms with Crippen molar-refractivity contribution in [3.63, 3.8) is 0 Å². The molecule has 2 aromatic carbocycles. The van der Waals surface area contributed by atoms with E-state index in [2.05, 4.69) is 37.2 Å². The first-order valence-corrected chi connectivity index (χ1v) is 11.8. The molecule has 2 aromatic heterocycles. The molecule has 33 heavy (non-hydrogen) atoms. The number of fused-ring (bicyclic) bond motifs is 4. The average Bonchev–Trinajstić information content (AvgIpc) is 3.38. The van der Waals surface area contributed by atoms with Gasteiger partial charge in [0.15, 0.2) is 0 Å². The Morgan fingerprint density at radius 2 is 2.03 bits per heavy atom. The van der Waals surface area contributed by atoms with E-state index in [4.69, 9.17) is 4.74 Å². The third-order valence-electron chi connectivity index (χ3n) is 6.93. The number of nitrogens with one attached hydrogen (secondary N) is 1. The second kappa shape index (κ2) is 7.50. The maximum atomic E-state index is 13.5. The van der Waals surface area contributed by atoms with Crippen molar-refractivity contribution in [2.24, 2.45) is 0 Å². The van der Waals surface area contributed by atoms with Crippen LogP contribution in [-0.4, -0.2) is 45.2 Å². The molecule has 6 rings (SSSR count). The van der Waals surface area contributed by atoms with Gasteiger partial charge in [0.2, 0.25) is 5.65 Å². The molecule has 168 valence electrons. The maximum absolute atomic E-state index is 13.5. The summed E-state index contributed by atoms with van der Waals surface area (Å²) >= 11 is 3.50. The molecular weight excluding hydrogens is 486 g/mol. The number of carbonyl (C=O) groups excluding carboxylic acids is 1. The molecule has 4 aromatic rings. The molecule has 1 aliphatic carbocycles. The van der Waals surface area contributed by atoms with Crippen molar-refractivity contribution < 1.29 is 9.53 Å². The molecule has 0 spiro atoms. The van der Waals surface area contributed by atoms with Crippen LogP contribution in [0.1, 0.15) is 46.1 Å². The molecule has 9 heteroatoms. The molecule has 1 N–H and O–H groups in total. The van der Waals surface area contributed by atoms with E-state index in [1.807, 2.05) is 34.4 Å². The summed E-state index contributed by atoms with van der Waals surface area (Å²) in [7, 11) is 1.71. The van der Waals surface area contributed by atoms with Crippen LogP contribution >= 0.6 is 15.9 Å². The van der Waals surface area contributed by atoms with Gasteiger partial charge in [0.25, 0.3) is 11.5 Å². The SMILES string of the molecule is COC1CC(c2nnc3c(=O)[nH]c4cc(C(=O)N5CCc6cc(Br)ccc65)c(C)cc4n23)C1. The van der Waals surface area contributed by atoms with E-state index in [9.17, 15) is 9.59 Å². The number of hydrogen-bond donors (Lipinski definition) is 1. The quantitative estimate of drug-likeness (QED) is 0.455. The van der Waals surface area contributed by atoms with Crippen LogP contribution < -0.4 is 10.5 Å². The van der Waals surface area contributed by atoms with Crippen molar-refractivity contribution in [3.8, 4) is 0 Å². The van der Waals surface area contributed by atoms with Crippen LogP contribution in [0.25, 0.3) is 16.7 Å². The molecule has 0 unspecified atom stereocenters. The van der Waals surface area contributed by atoms with Crippen molar-refractivity contribution in [1.29, 1.82) is 0 Å². The van der Waals surface area contributed by atoms with E-state index in [-0.39, 0.29) is 29.1 Å². The van der Waals surface area contributed by atoms with Gasteiger partial charge in [-0.15, -0.1) is 10.2 Å². The molecule has 2 aliphatic rings. The third kappa shape index (κ3) is 3.13. The summed E-state index contributed by atoms with van der Waals surface area (Å²) in [5, 5.41) is 8.49. The Bertz CT molecular complexity index is 1500. The number of benzene rings is 2. The number of aromatic amines is 1. The number of halogens is 1. The first-order chi connectivity index (χ1) is 15.9. The van der Waals surface area contributed by atoms with Crippen LogP contribution in [0, 0.1) is 6.92 Å². The molecule has 1 amide bonds. The van der Waals surface area contributed by atoms with E-state index in [1.54, 1.807) is 13.2 Å². The highest BCUT2D eigenvalue weighted by molar-refractivity contribution is 9.10. The molecule has 0 atom stereocenters. The summed E-state index contributed by atoms with van der Waals surface area (Å²) in [5.41, 5.74) is 4.85. The number of nitrogens with zero attached hydrogens (tertiary/aromatic N) is 4. The minimum absolute atomic E-state index is 0.0673. The fourth-order valence-electron chi connectivity index (χ4n) is 5.03. The van der Waals surface area contributed by atoms with Crippen molar-refractivity contribution in [3.05, 3.63) is 67.7 Å². The number of amides is 1. The summed E-state index contributed by atoms with van der Waals surface area (Å²) in [6, 6.07) is 9.72. The maximum Gasteiger partial charge on any atom is 0.294 e. The number of hydrogen-bond acceptors (Lipinski definition) is 5.